The van der Waals surface area contributed by atoms with Gasteiger partial charge in [0.05, 0.1) is 0 Å². The van der Waals surface area contributed by atoms with Gasteiger partial charge in [-0.25, -0.2) is 0 Å². The molecule has 0 bridgehead atoms. The SMILES string of the molecule is CC1CC(C)CC(C(CC2CCOC2)NN)C1. The van der Waals surface area contributed by atoms with Gasteiger partial charge in [-0.05, 0) is 55.8 Å². The van der Waals surface area contributed by atoms with Crippen molar-refractivity contribution in [3.8, 4) is 0 Å². The second-order valence-corrected chi connectivity index (χ2v) is 6.42. The van der Waals surface area contributed by atoms with Gasteiger partial charge in [-0.15, -0.1) is 0 Å². The van der Waals surface area contributed by atoms with Gasteiger partial charge >= 0.3 is 0 Å². The standard InChI is InChI=1S/C14H28N2O/c1-10-5-11(2)7-13(6-10)14(16-15)8-12-3-4-17-9-12/h10-14,16H,3-9,15H2,1-2H3. The predicted molar refractivity (Wildman–Crippen MR) is 70.3 cm³/mol. The average Bonchev–Trinajstić information content (AvgIpc) is 2.77. The molecule has 1 saturated carbocycles. The predicted octanol–water partition coefficient (Wildman–Crippen LogP) is 2.32. The third-order valence-electron chi connectivity index (χ3n) is 4.61. The molecular weight excluding hydrogens is 212 g/mol. The van der Waals surface area contributed by atoms with E-state index in [2.05, 4.69) is 19.3 Å². The van der Waals surface area contributed by atoms with E-state index in [4.69, 9.17) is 10.6 Å². The third kappa shape index (κ3) is 3.67. The Morgan fingerprint density at radius 1 is 1.24 bits per heavy atom. The van der Waals surface area contributed by atoms with Crippen LogP contribution >= 0.6 is 0 Å². The van der Waals surface area contributed by atoms with Gasteiger partial charge in [0, 0.05) is 19.3 Å². The van der Waals surface area contributed by atoms with Crippen molar-refractivity contribution in [2.24, 2.45) is 29.5 Å². The summed E-state index contributed by atoms with van der Waals surface area (Å²) in [6, 6.07) is 0.492. The van der Waals surface area contributed by atoms with Gasteiger partial charge in [0.2, 0.25) is 0 Å². The van der Waals surface area contributed by atoms with Crippen LogP contribution in [0.5, 0.6) is 0 Å². The Hall–Kier alpha value is -0.120. The summed E-state index contributed by atoms with van der Waals surface area (Å²) >= 11 is 0. The van der Waals surface area contributed by atoms with Gasteiger partial charge < -0.3 is 4.74 Å². The monoisotopic (exact) mass is 240 g/mol. The molecule has 1 aliphatic heterocycles. The lowest BCUT2D eigenvalue weighted by Crippen LogP contribution is -2.44. The lowest BCUT2D eigenvalue weighted by Gasteiger charge is -2.37. The molecule has 2 fully saturated rings. The minimum absolute atomic E-state index is 0.492. The molecule has 0 radical (unpaired) electrons. The van der Waals surface area contributed by atoms with E-state index < -0.39 is 0 Å². The second-order valence-electron chi connectivity index (χ2n) is 6.42. The van der Waals surface area contributed by atoms with Crippen LogP contribution in [0.2, 0.25) is 0 Å². The highest BCUT2D eigenvalue weighted by atomic mass is 16.5. The molecule has 4 unspecified atom stereocenters. The van der Waals surface area contributed by atoms with Crippen molar-refractivity contribution in [2.45, 2.75) is 52.0 Å². The summed E-state index contributed by atoms with van der Waals surface area (Å²) in [5.74, 6) is 8.99. The Bertz CT molecular complexity index is 218. The third-order valence-corrected chi connectivity index (χ3v) is 4.61. The largest absolute Gasteiger partial charge is 0.381 e. The maximum atomic E-state index is 5.78. The molecule has 1 heterocycles. The molecule has 3 N–H and O–H groups in total. The Morgan fingerprint density at radius 3 is 2.47 bits per heavy atom. The fraction of sp³-hybridized carbons (Fsp3) is 1.00. The fourth-order valence-corrected chi connectivity index (χ4v) is 3.86. The first-order chi connectivity index (χ1) is 8.19. The Kier molecular flexibility index (Phi) is 4.83. The van der Waals surface area contributed by atoms with Crippen LogP contribution in [-0.2, 0) is 4.74 Å². The average molecular weight is 240 g/mol. The van der Waals surface area contributed by atoms with Gasteiger partial charge in [0.25, 0.3) is 0 Å². The number of hydrazine groups is 1. The van der Waals surface area contributed by atoms with E-state index >= 15 is 0 Å². The number of nitrogens with two attached hydrogens (primary N) is 1. The van der Waals surface area contributed by atoms with Crippen molar-refractivity contribution in [2.75, 3.05) is 13.2 Å². The molecule has 1 aliphatic carbocycles. The molecule has 0 amide bonds. The molecule has 2 rings (SSSR count). The summed E-state index contributed by atoms with van der Waals surface area (Å²) in [7, 11) is 0. The van der Waals surface area contributed by atoms with E-state index in [1.54, 1.807) is 0 Å². The molecule has 100 valence electrons. The van der Waals surface area contributed by atoms with Crippen LogP contribution in [-0.4, -0.2) is 19.3 Å². The molecular formula is C14H28N2O. The fourth-order valence-electron chi connectivity index (χ4n) is 3.86. The Balaban J connectivity index is 1.87. The highest BCUT2D eigenvalue weighted by Gasteiger charge is 2.31. The van der Waals surface area contributed by atoms with E-state index in [1.807, 2.05) is 0 Å². The first kappa shape index (κ1) is 13.3. The van der Waals surface area contributed by atoms with Crippen LogP contribution < -0.4 is 11.3 Å². The Morgan fingerprint density at radius 2 is 1.94 bits per heavy atom. The van der Waals surface area contributed by atoms with Crippen LogP contribution in [0.3, 0.4) is 0 Å². The highest BCUT2D eigenvalue weighted by molar-refractivity contribution is 4.85. The summed E-state index contributed by atoms with van der Waals surface area (Å²) in [6.45, 7) is 6.65. The van der Waals surface area contributed by atoms with E-state index in [1.165, 1.54) is 32.1 Å². The van der Waals surface area contributed by atoms with Crippen LogP contribution in [0, 0.1) is 23.7 Å². The molecule has 17 heavy (non-hydrogen) atoms. The summed E-state index contributed by atoms with van der Waals surface area (Å²) in [4.78, 5) is 0. The van der Waals surface area contributed by atoms with Crippen molar-refractivity contribution in [3.05, 3.63) is 0 Å². The number of hydrogen-bond acceptors (Lipinski definition) is 3. The summed E-state index contributed by atoms with van der Waals surface area (Å²) < 4.78 is 5.46. The van der Waals surface area contributed by atoms with Crippen molar-refractivity contribution in [3.63, 3.8) is 0 Å². The lowest BCUT2D eigenvalue weighted by atomic mass is 9.72. The highest BCUT2D eigenvalue weighted by Crippen LogP contribution is 2.36. The van der Waals surface area contributed by atoms with Crippen LogP contribution in [0.25, 0.3) is 0 Å². The molecule has 3 heteroatoms. The second kappa shape index (κ2) is 6.17. The summed E-state index contributed by atoms with van der Waals surface area (Å²) in [5, 5.41) is 0. The van der Waals surface area contributed by atoms with E-state index in [9.17, 15) is 0 Å². The normalized spacial score (nSPS) is 40.4. The zero-order valence-corrected chi connectivity index (χ0v) is 11.3. The first-order valence-corrected chi connectivity index (χ1v) is 7.23. The van der Waals surface area contributed by atoms with Crippen LogP contribution in [0.15, 0.2) is 0 Å². The number of nitrogens with one attached hydrogen (secondary N) is 1. The molecule has 0 aromatic heterocycles. The molecule has 0 aromatic carbocycles. The minimum atomic E-state index is 0.492. The maximum absolute atomic E-state index is 5.78. The smallest absolute Gasteiger partial charge is 0.0495 e. The van der Waals surface area contributed by atoms with Crippen LogP contribution in [0.4, 0.5) is 0 Å². The van der Waals surface area contributed by atoms with Gasteiger partial charge in [-0.3, -0.25) is 11.3 Å². The Labute approximate surface area is 105 Å². The lowest BCUT2D eigenvalue weighted by molar-refractivity contribution is 0.148. The van der Waals surface area contributed by atoms with Gasteiger partial charge in [0.15, 0.2) is 0 Å². The van der Waals surface area contributed by atoms with E-state index in [0.29, 0.717) is 6.04 Å². The minimum Gasteiger partial charge on any atom is -0.381 e. The number of ether oxygens (including phenoxy) is 1. The molecule has 3 nitrogen and oxygen atoms in total. The molecule has 2 aliphatic rings. The van der Waals surface area contributed by atoms with Crippen molar-refractivity contribution >= 4 is 0 Å². The molecule has 0 aromatic rings. The van der Waals surface area contributed by atoms with Crippen molar-refractivity contribution < 1.29 is 4.74 Å². The summed E-state index contributed by atoms with van der Waals surface area (Å²) in [6.07, 6.45) is 6.48. The number of rotatable bonds is 4. The van der Waals surface area contributed by atoms with Gasteiger partial charge in [0.1, 0.15) is 0 Å². The molecule has 1 saturated heterocycles. The van der Waals surface area contributed by atoms with Crippen molar-refractivity contribution in [1.82, 2.24) is 5.43 Å². The van der Waals surface area contributed by atoms with Gasteiger partial charge in [-0.1, -0.05) is 13.8 Å². The molecule has 0 spiro atoms. The quantitative estimate of drug-likeness (QED) is 0.585. The van der Waals surface area contributed by atoms with Gasteiger partial charge in [-0.2, -0.15) is 0 Å². The summed E-state index contributed by atoms with van der Waals surface area (Å²) in [5.41, 5.74) is 3.08. The van der Waals surface area contributed by atoms with Crippen molar-refractivity contribution in [1.29, 1.82) is 0 Å². The first-order valence-electron chi connectivity index (χ1n) is 7.23. The van der Waals surface area contributed by atoms with Crippen LogP contribution in [0.1, 0.15) is 46.0 Å². The van der Waals surface area contributed by atoms with E-state index in [-0.39, 0.29) is 0 Å². The maximum Gasteiger partial charge on any atom is 0.0495 e. The molecule has 4 atom stereocenters. The number of hydrogen-bond donors (Lipinski definition) is 2. The zero-order valence-electron chi connectivity index (χ0n) is 11.3. The topological polar surface area (TPSA) is 47.3 Å². The zero-order chi connectivity index (χ0) is 12.3. The van der Waals surface area contributed by atoms with E-state index in [0.717, 1.165) is 36.9 Å².